The van der Waals surface area contributed by atoms with E-state index in [1.54, 1.807) is 27.4 Å². The Morgan fingerprint density at radius 1 is 1.29 bits per heavy atom. The number of hydrogen-bond donors (Lipinski definition) is 1. The molecule has 1 amide bonds. The SMILES string of the molecule is COC[C@H]1[C@@H](NC(=O)Cc2ccc(OC)cc2OC)[C@H]2CCO[C@H]21. The standard InChI is InChI=1S/C18H25NO5/c1-21-10-14-17(13-6-7-24-18(13)14)19-16(20)8-11-4-5-12(22-2)9-15(11)23-3/h4-5,9,13-14,17-18H,6-8,10H2,1-3H3,(H,19,20)/t13-,14+,17+,18-/m1/s1. The molecule has 1 aliphatic carbocycles. The third-order valence-corrected chi connectivity index (χ3v) is 5.06. The van der Waals surface area contributed by atoms with Gasteiger partial charge < -0.3 is 24.3 Å². The largest absolute Gasteiger partial charge is 0.497 e. The van der Waals surface area contributed by atoms with Crippen LogP contribution in [0.2, 0.25) is 0 Å². The van der Waals surface area contributed by atoms with Crippen LogP contribution in [0.25, 0.3) is 0 Å². The summed E-state index contributed by atoms with van der Waals surface area (Å²) < 4.78 is 21.6. The molecule has 0 spiro atoms. The van der Waals surface area contributed by atoms with Gasteiger partial charge in [-0.05, 0) is 12.5 Å². The van der Waals surface area contributed by atoms with Gasteiger partial charge in [0.15, 0.2) is 0 Å². The van der Waals surface area contributed by atoms with E-state index in [0.717, 1.165) is 18.6 Å². The van der Waals surface area contributed by atoms with Crippen LogP contribution in [0.4, 0.5) is 0 Å². The van der Waals surface area contributed by atoms with Gasteiger partial charge in [0.2, 0.25) is 5.91 Å². The number of fused-ring (bicyclic) bond motifs is 1. The molecule has 1 saturated carbocycles. The maximum Gasteiger partial charge on any atom is 0.224 e. The summed E-state index contributed by atoms with van der Waals surface area (Å²) in [5.41, 5.74) is 0.845. The topological polar surface area (TPSA) is 66.0 Å². The zero-order valence-corrected chi connectivity index (χ0v) is 14.4. The van der Waals surface area contributed by atoms with Crippen LogP contribution >= 0.6 is 0 Å². The Kier molecular flexibility index (Phi) is 5.26. The minimum Gasteiger partial charge on any atom is -0.497 e. The molecule has 1 aromatic rings. The fourth-order valence-corrected chi connectivity index (χ4v) is 3.84. The first-order valence-electron chi connectivity index (χ1n) is 8.28. The van der Waals surface area contributed by atoms with Crippen molar-refractivity contribution in [2.45, 2.75) is 25.0 Å². The van der Waals surface area contributed by atoms with Crippen molar-refractivity contribution in [3.05, 3.63) is 23.8 Å². The molecular formula is C18H25NO5. The van der Waals surface area contributed by atoms with Gasteiger partial charge in [-0.25, -0.2) is 0 Å². The smallest absolute Gasteiger partial charge is 0.224 e. The van der Waals surface area contributed by atoms with Crippen molar-refractivity contribution in [3.8, 4) is 11.5 Å². The van der Waals surface area contributed by atoms with E-state index in [4.69, 9.17) is 18.9 Å². The number of benzene rings is 1. The van der Waals surface area contributed by atoms with Crippen LogP contribution in [-0.4, -0.2) is 52.6 Å². The van der Waals surface area contributed by atoms with Crippen molar-refractivity contribution in [2.24, 2.45) is 11.8 Å². The molecule has 132 valence electrons. The second-order valence-electron chi connectivity index (χ2n) is 6.35. The van der Waals surface area contributed by atoms with Crippen LogP contribution in [0.3, 0.4) is 0 Å². The Balaban J connectivity index is 1.63. The van der Waals surface area contributed by atoms with Gasteiger partial charge in [-0.15, -0.1) is 0 Å². The minimum atomic E-state index is -0.00470. The number of carbonyl (C=O) groups is 1. The number of methoxy groups -OCH3 is 3. The molecule has 2 aliphatic rings. The summed E-state index contributed by atoms with van der Waals surface area (Å²) >= 11 is 0. The normalized spacial score (nSPS) is 28.0. The fourth-order valence-electron chi connectivity index (χ4n) is 3.84. The van der Waals surface area contributed by atoms with Crippen LogP contribution in [0.15, 0.2) is 18.2 Å². The first-order chi connectivity index (χ1) is 11.7. The zero-order chi connectivity index (χ0) is 17.1. The highest BCUT2D eigenvalue weighted by Crippen LogP contribution is 2.43. The third kappa shape index (κ3) is 3.21. The molecule has 6 nitrogen and oxygen atoms in total. The molecular weight excluding hydrogens is 310 g/mol. The lowest BCUT2D eigenvalue weighted by Gasteiger charge is -2.47. The molecule has 24 heavy (non-hydrogen) atoms. The second kappa shape index (κ2) is 7.40. The van der Waals surface area contributed by atoms with E-state index in [2.05, 4.69) is 5.32 Å². The number of hydrogen-bond acceptors (Lipinski definition) is 5. The van der Waals surface area contributed by atoms with Gasteiger partial charge in [0.25, 0.3) is 0 Å². The monoisotopic (exact) mass is 335 g/mol. The first kappa shape index (κ1) is 17.0. The van der Waals surface area contributed by atoms with Crippen LogP contribution in [-0.2, 0) is 20.7 Å². The summed E-state index contributed by atoms with van der Waals surface area (Å²) in [5.74, 6) is 2.01. The Hall–Kier alpha value is -1.79. The maximum absolute atomic E-state index is 12.5. The van der Waals surface area contributed by atoms with Crippen molar-refractivity contribution in [1.29, 1.82) is 0 Å². The molecule has 1 saturated heterocycles. The van der Waals surface area contributed by atoms with E-state index in [0.29, 0.717) is 24.0 Å². The molecule has 0 radical (unpaired) electrons. The lowest BCUT2D eigenvalue weighted by atomic mass is 9.67. The number of ether oxygens (including phenoxy) is 4. The Bertz CT molecular complexity index is 591. The quantitative estimate of drug-likeness (QED) is 0.816. The second-order valence-corrected chi connectivity index (χ2v) is 6.35. The highest BCUT2D eigenvalue weighted by Gasteiger charge is 2.54. The Morgan fingerprint density at radius 2 is 2.12 bits per heavy atom. The van der Waals surface area contributed by atoms with Gasteiger partial charge in [0.1, 0.15) is 11.5 Å². The Labute approximate surface area is 142 Å². The maximum atomic E-state index is 12.5. The highest BCUT2D eigenvalue weighted by atomic mass is 16.5. The number of amides is 1. The first-order valence-corrected chi connectivity index (χ1v) is 8.28. The van der Waals surface area contributed by atoms with E-state index < -0.39 is 0 Å². The van der Waals surface area contributed by atoms with E-state index in [1.807, 2.05) is 12.1 Å². The van der Waals surface area contributed by atoms with Crippen LogP contribution in [0, 0.1) is 11.8 Å². The third-order valence-electron chi connectivity index (χ3n) is 5.06. The lowest BCUT2D eigenvalue weighted by Crippen LogP contribution is -2.62. The molecule has 1 aliphatic heterocycles. The van der Waals surface area contributed by atoms with Crippen molar-refractivity contribution in [1.82, 2.24) is 5.32 Å². The van der Waals surface area contributed by atoms with E-state index in [1.165, 1.54) is 0 Å². The minimum absolute atomic E-state index is 0.00470. The molecule has 0 unspecified atom stereocenters. The molecule has 1 aromatic carbocycles. The molecule has 1 heterocycles. The molecule has 0 bridgehead atoms. The predicted molar refractivity (Wildman–Crippen MR) is 88.4 cm³/mol. The number of nitrogens with one attached hydrogen (secondary N) is 1. The summed E-state index contributed by atoms with van der Waals surface area (Å²) in [6.45, 7) is 1.38. The van der Waals surface area contributed by atoms with Crippen LogP contribution in [0.5, 0.6) is 11.5 Å². The summed E-state index contributed by atoms with van der Waals surface area (Å²) in [7, 11) is 4.88. The molecule has 4 atom stereocenters. The van der Waals surface area contributed by atoms with Gasteiger partial charge in [0, 0.05) is 43.2 Å². The van der Waals surface area contributed by atoms with E-state index in [-0.39, 0.29) is 30.4 Å². The number of rotatable bonds is 7. The van der Waals surface area contributed by atoms with Gasteiger partial charge in [-0.2, -0.15) is 0 Å². The molecule has 1 N–H and O–H groups in total. The summed E-state index contributed by atoms with van der Waals surface area (Å²) in [4.78, 5) is 12.5. The molecule has 0 aromatic heterocycles. The average molecular weight is 335 g/mol. The summed E-state index contributed by atoms with van der Waals surface area (Å²) in [6, 6.07) is 5.63. The van der Waals surface area contributed by atoms with Crippen molar-refractivity contribution < 1.29 is 23.7 Å². The van der Waals surface area contributed by atoms with Crippen molar-refractivity contribution in [3.63, 3.8) is 0 Å². The molecule has 6 heteroatoms. The fraction of sp³-hybridized carbons (Fsp3) is 0.611. The Morgan fingerprint density at radius 3 is 2.83 bits per heavy atom. The zero-order valence-electron chi connectivity index (χ0n) is 14.4. The number of carbonyl (C=O) groups excluding carboxylic acids is 1. The average Bonchev–Trinajstić information content (AvgIpc) is 3.02. The van der Waals surface area contributed by atoms with Crippen molar-refractivity contribution >= 4 is 5.91 Å². The van der Waals surface area contributed by atoms with Crippen LogP contribution in [0.1, 0.15) is 12.0 Å². The van der Waals surface area contributed by atoms with Gasteiger partial charge in [-0.3, -0.25) is 4.79 Å². The molecule has 2 fully saturated rings. The van der Waals surface area contributed by atoms with Gasteiger partial charge >= 0.3 is 0 Å². The predicted octanol–water partition coefficient (Wildman–Crippen LogP) is 1.41. The van der Waals surface area contributed by atoms with E-state index in [9.17, 15) is 4.79 Å². The van der Waals surface area contributed by atoms with Crippen molar-refractivity contribution in [2.75, 3.05) is 34.5 Å². The van der Waals surface area contributed by atoms with E-state index >= 15 is 0 Å². The lowest BCUT2D eigenvalue weighted by molar-refractivity contribution is -0.129. The van der Waals surface area contributed by atoms with Crippen LogP contribution < -0.4 is 14.8 Å². The van der Waals surface area contributed by atoms with Gasteiger partial charge in [0.05, 0.1) is 33.4 Å². The summed E-state index contributed by atoms with van der Waals surface area (Å²) in [6.07, 6.45) is 1.51. The summed E-state index contributed by atoms with van der Waals surface area (Å²) in [5, 5.41) is 3.17. The molecule has 3 rings (SSSR count). The van der Waals surface area contributed by atoms with Gasteiger partial charge in [-0.1, -0.05) is 6.07 Å². The highest BCUT2D eigenvalue weighted by molar-refractivity contribution is 5.80.